The Kier molecular flexibility index (Phi) is 6.55. The molecule has 0 aromatic heterocycles. The SMILES string of the molecule is O=C(/C=C/c1ccccc1)Nc1[c-]cccc1.[Y+3]. The number of hydrogen-bond donors (Lipinski definition) is 1. The van der Waals surface area contributed by atoms with Crippen molar-refractivity contribution in [2.75, 3.05) is 5.32 Å². The van der Waals surface area contributed by atoms with Gasteiger partial charge in [0.25, 0.3) is 0 Å². The molecule has 84 valence electrons. The Hall–Kier alpha value is -1.25. The second-order valence-electron chi connectivity index (χ2n) is 3.51. The van der Waals surface area contributed by atoms with E-state index in [1.165, 1.54) is 6.08 Å². The average Bonchev–Trinajstić information content (AvgIpc) is 2.39. The predicted molar refractivity (Wildman–Crippen MR) is 69.4 cm³/mol. The van der Waals surface area contributed by atoms with Crippen LogP contribution in [0.15, 0.2) is 60.7 Å². The van der Waals surface area contributed by atoms with Gasteiger partial charge in [0.15, 0.2) is 0 Å². The maximum Gasteiger partial charge on any atom is 3.00 e. The van der Waals surface area contributed by atoms with Crippen molar-refractivity contribution in [3.8, 4) is 0 Å². The Labute approximate surface area is 132 Å². The van der Waals surface area contributed by atoms with E-state index < -0.39 is 0 Å². The first-order valence-corrected chi connectivity index (χ1v) is 5.35. The molecule has 0 saturated carbocycles. The van der Waals surface area contributed by atoms with Crippen molar-refractivity contribution >= 4 is 17.7 Å². The molecule has 0 unspecified atom stereocenters. The van der Waals surface area contributed by atoms with Gasteiger partial charge in [-0.15, -0.1) is 6.07 Å². The summed E-state index contributed by atoms with van der Waals surface area (Å²) in [7, 11) is 0. The van der Waals surface area contributed by atoms with Crippen LogP contribution in [0.2, 0.25) is 0 Å². The molecular formula is C15H12NOY+2. The van der Waals surface area contributed by atoms with Crippen molar-refractivity contribution in [1.82, 2.24) is 0 Å². The number of carbonyl (C=O) groups excluding carboxylic acids is 1. The summed E-state index contributed by atoms with van der Waals surface area (Å²) in [5.41, 5.74) is 1.68. The van der Waals surface area contributed by atoms with Crippen LogP contribution in [0.25, 0.3) is 6.08 Å². The molecule has 0 fully saturated rings. The summed E-state index contributed by atoms with van der Waals surface area (Å²) in [6.07, 6.45) is 3.29. The van der Waals surface area contributed by atoms with E-state index >= 15 is 0 Å². The van der Waals surface area contributed by atoms with Crippen molar-refractivity contribution in [2.45, 2.75) is 0 Å². The van der Waals surface area contributed by atoms with Gasteiger partial charge in [0.1, 0.15) is 0 Å². The van der Waals surface area contributed by atoms with Crippen LogP contribution in [0.3, 0.4) is 0 Å². The van der Waals surface area contributed by atoms with Crippen LogP contribution in [0.1, 0.15) is 5.56 Å². The molecule has 0 bridgehead atoms. The first kappa shape index (κ1) is 14.8. The third kappa shape index (κ3) is 4.95. The molecule has 0 atom stereocenters. The molecule has 3 heteroatoms. The Bertz CT molecular complexity index is 509. The molecule has 0 heterocycles. The predicted octanol–water partition coefficient (Wildman–Crippen LogP) is 3.14. The second kappa shape index (κ2) is 7.96. The number of amides is 1. The van der Waals surface area contributed by atoms with E-state index in [1.807, 2.05) is 42.5 Å². The Morgan fingerprint density at radius 1 is 1.06 bits per heavy atom. The van der Waals surface area contributed by atoms with Crippen LogP contribution in [0.5, 0.6) is 0 Å². The molecule has 0 saturated heterocycles. The van der Waals surface area contributed by atoms with Crippen molar-refractivity contribution in [2.24, 2.45) is 0 Å². The van der Waals surface area contributed by atoms with Gasteiger partial charge < -0.3 is 5.32 Å². The Balaban J connectivity index is 0.00000162. The van der Waals surface area contributed by atoms with Gasteiger partial charge in [-0.1, -0.05) is 36.0 Å². The van der Waals surface area contributed by atoms with Crippen LogP contribution < -0.4 is 5.32 Å². The standard InChI is InChI=1S/C15H12NO.Y/c17-15(16-14-9-5-2-6-10-14)12-11-13-7-3-1-4-8-13;/h1-9,11-12H,(H,16,17);/q-1;+3/b12-11+;. The maximum absolute atomic E-state index is 11.6. The van der Waals surface area contributed by atoms with E-state index in [-0.39, 0.29) is 38.6 Å². The summed E-state index contributed by atoms with van der Waals surface area (Å²) in [6, 6.07) is 19.9. The first-order valence-electron chi connectivity index (χ1n) is 5.35. The molecule has 0 radical (unpaired) electrons. The van der Waals surface area contributed by atoms with Crippen molar-refractivity contribution in [3.05, 3.63) is 72.3 Å². The third-order valence-corrected chi connectivity index (χ3v) is 2.19. The van der Waals surface area contributed by atoms with E-state index in [0.29, 0.717) is 5.69 Å². The van der Waals surface area contributed by atoms with E-state index in [9.17, 15) is 4.79 Å². The van der Waals surface area contributed by atoms with Gasteiger partial charge in [0.05, 0.1) is 0 Å². The topological polar surface area (TPSA) is 29.1 Å². The summed E-state index contributed by atoms with van der Waals surface area (Å²) in [6.45, 7) is 0. The Morgan fingerprint density at radius 3 is 2.44 bits per heavy atom. The fourth-order valence-electron chi connectivity index (χ4n) is 1.38. The van der Waals surface area contributed by atoms with Crippen molar-refractivity contribution in [3.63, 3.8) is 0 Å². The summed E-state index contributed by atoms with van der Waals surface area (Å²) in [5.74, 6) is -0.156. The van der Waals surface area contributed by atoms with E-state index in [4.69, 9.17) is 0 Å². The van der Waals surface area contributed by atoms with Crippen LogP contribution in [0, 0.1) is 6.07 Å². The summed E-state index contributed by atoms with van der Waals surface area (Å²) < 4.78 is 0. The number of carbonyl (C=O) groups is 1. The average molecular weight is 311 g/mol. The monoisotopic (exact) mass is 311 g/mol. The molecule has 0 aliphatic carbocycles. The molecule has 0 aliphatic rings. The zero-order chi connectivity index (χ0) is 11.9. The third-order valence-electron chi connectivity index (χ3n) is 2.19. The van der Waals surface area contributed by atoms with Crippen molar-refractivity contribution < 1.29 is 37.5 Å². The number of anilines is 1. The first-order chi connectivity index (χ1) is 8.34. The number of rotatable bonds is 3. The fourth-order valence-corrected chi connectivity index (χ4v) is 1.38. The second-order valence-corrected chi connectivity index (χ2v) is 3.51. The van der Waals surface area contributed by atoms with Gasteiger partial charge in [-0.25, -0.2) is 0 Å². The van der Waals surface area contributed by atoms with Crippen molar-refractivity contribution in [1.29, 1.82) is 0 Å². The summed E-state index contributed by atoms with van der Waals surface area (Å²) in [5, 5.41) is 2.73. The quantitative estimate of drug-likeness (QED) is 0.685. The number of hydrogen-bond acceptors (Lipinski definition) is 1. The molecule has 2 rings (SSSR count). The minimum Gasteiger partial charge on any atom is -0.346 e. The number of para-hydroxylation sites is 1. The largest absolute Gasteiger partial charge is 3.00 e. The van der Waals surface area contributed by atoms with Gasteiger partial charge in [-0.05, 0) is 11.6 Å². The summed E-state index contributed by atoms with van der Waals surface area (Å²) >= 11 is 0. The normalized spacial score (nSPS) is 9.78. The molecule has 2 aromatic rings. The van der Waals surface area contributed by atoms with Gasteiger partial charge in [0, 0.05) is 6.08 Å². The zero-order valence-corrected chi connectivity index (χ0v) is 12.7. The number of nitrogens with one attached hydrogen (secondary N) is 1. The van der Waals surface area contributed by atoms with Crippen LogP contribution >= 0.6 is 0 Å². The zero-order valence-electron chi connectivity index (χ0n) is 9.84. The maximum atomic E-state index is 11.6. The van der Waals surface area contributed by atoms with Gasteiger partial charge in [0.2, 0.25) is 5.91 Å². The van der Waals surface area contributed by atoms with Crippen LogP contribution in [0.4, 0.5) is 5.69 Å². The minimum absolute atomic E-state index is 0. The van der Waals surface area contributed by atoms with Gasteiger partial charge >= 0.3 is 32.7 Å². The van der Waals surface area contributed by atoms with Crippen LogP contribution in [-0.2, 0) is 37.5 Å². The molecule has 0 aliphatic heterocycles. The minimum atomic E-state index is -0.156. The van der Waals surface area contributed by atoms with E-state index in [1.54, 1.807) is 18.2 Å². The molecule has 0 spiro atoms. The molecule has 18 heavy (non-hydrogen) atoms. The van der Waals surface area contributed by atoms with E-state index in [0.717, 1.165) is 5.56 Å². The van der Waals surface area contributed by atoms with E-state index in [2.05, 4.69) is 11.4 Å². The smallest absolute Gasteiger partial charge is 0.346 e. The van der Waals surface area contributed by atoms with Crippen LogP contribution in [-0.4, -0.2) is 5.91 Å². The number of benzene rings is 2. The van der Waals surface area contributed by atoms with Gasteiger partial charge in [-0.3, -0.25) is 4.79 Å². The molecule has 2 nitrogen and oxygen atoms in total. The molecular weight excluding hydrogens is 299 g/mol. The molecule has 1 amide bonds. The van der Waals surface area contributed by atoms with Gasteiger partial charge in [-0.2, -0.15) is 24.3 Å². The Morgan fingerprint density at radius 2 is 1.78 bits per heavy atom. The molecule has 2 aromatic carbocycles. The summed E-state index contributed by atoms with van der Waals surface area (Å²) in [4.78, 5) is 11.6. The fraction of sp³-hybridized carbons (Fsp3) is 0. The molecule has 1 N–H and O–H groups in total.